The molecule has 0 unspecified atom stereocenters. The first kappa shape index (κ1) is 4.87. The second kappa shape index (κ2) is 3.00. The summed E-state index contributed by atoms with van der Waals surface area (Å²) in [6.07, 6.45) is 1.02. The lowest BCUT2D eigenvalue weighted by atomic mass is 10.2. The Morgan fingerprint density at radius 3 is 3.09 bits per heavy atom. The van der Waals surface area contributed by atoms with Crippen LogP contribution in [0.1, 0.15) is 20.2 Å². The quantitative estimate of drug-likeness (QED) is 0.783. The highest BCUT2D eigenvalue weighted by molar-refractivity contribution is 9.10. The van der Waals surface area contributed by atoms with E-state index in [4.69, 9.17) is 9.22 Å². The van der Waals surface area contributed by atoms with E-state index in [1.54, 1.807) is 0 Å². The number of aryl methyl sites for hydroxylation is 1. The predicted octanol–water partition coefficient (Wildman–Crippen LogP) is 1.85. The van der Waals surface area contributed by atoms with Crippen molar-refractivity contribution in [2.75, 3.05) is 0 Å². The Kier molecular flexibility index (Phi) is 1.33. The fourth-order valence-electron chi connectivity index (χ4n) is 0.555. The number of carboxylic acid groups (broad SMARTS) is 1. The minimum absolute atomic E-state index is 0.0510. The maximum Gasteiger partial charge on any atom is 0.337 e. The van der Waals surface area contributed by atoms with Crippen LogP contribution in [0.4, 0.5) is 0 Å². The number of hydrogen-bond donors (Lipinski definition) is 1. The third kappa shape index (κ3) is 1.77. The van der Waals surface area contributed by atoms with Gasteiger partial charge in [-0.05, 0) is 28.8 Å². The molecule has 0 saturated heterocycles. The summed E-state index contributed by atoms with van der Waals surface area (Å²) in [6.45, 7) is -2.34. The van der Waals surface area contributed by atoms with Crippen molar-refractivity contribution in [1.82, 2.24) is 4.98 Å². The van der Waals surface area contributed by atoms with Gasteiger partial charge in [-0.25, -0.2) is 4.79 Å². The van der Waals surface area contributed by atoms with Crippen LogP contribution in [0, 0.1) is 6.85 Å². The molecule has 1 aromatic heterocycles. The third-order valence-corrected chi connectivity index (χ3v) is 1.69. The van der Waals surface area contributed by atoms with Crippen molar-refractivity contribution < 1.29 is 14.0 Å². The van der Waals surface area contributed by atoms with Crippen LogP contribution >= 0.6 is 15.9 Å². The lowest BCUT2D eigenvalue weighted by Crippen LogP contribution is -1.97. The number of halogens is 1. The fraction of sp³-hybridized carbons (Fsp3) is 0.143. The van der Waals surface area contributed by atoms with E-state index >= 15 is 0 Å². The lowest BCUT2D eigenvalue weighted by molar-refractivity contribution is 0.0696. The summed E-state index contributed by atoms with van der Waals surface area (Å²) in [7, 11) is 0. The van der Waals surface area contributed by atoms with Gasteiger partial charge in [0.25, 0.3) is 0 Å². The molecular weight excluding hydrogens is 210 g/mol. The Balaban J connectivity index is 3.21. The Labute approximate surface area is 76.4 Å². The highest BCUT2D eigenvalue weighted by Crippen LogP contribution is 2.14. The van der Waals surface area contributed by atoms with Gasteiger partial charge in [0.2, 0.25) is 0 Å². The van der Waals surface area contributed by atoms with E-state index < -0.39 is 12.8 Å². The average molecular weight is 219 g/mol. The van der Waals surface area contributed by atoms with Crippen molar-refractivity contribution in [3.63, 3.8) is 0 Å². The first-order valence-electron chi connectivity index (χ1n) is 4.21. The molecule has 1 N–H and O–H groups in total. The summed E-state index contributed by atoms with van der Waals surface area (Å²) < 4.78 is 21.4. The zero-order chi connectivity index (χ0) is 10.9. The molecule has 0 spiro atoms. The van der Waals surface area contributed by atoms with Crippen LogP contribution in [-0.4, -0.2) is 16.1 Å². The van der Waals surface area contributed by atoms with Crippen LogP contribution in [0.5, 0.6) is 0 Å². The topological polar surface area (TPSA) is 50.2 Å². The number of pyridine rings is 1. The Morgan fingerprint density at radius 2 is 2.64 bits per heavy atom. The summed E-state index contributed by atoms with van der Waals surface area (Å²) in [5, 5.41) is 8.60. The van der Waals surface area contributed by atoms with Crippen molar-refractivity contribution in [3.8, 4) is 0 Å². The Bertz CT molecular complexity index is 378. The van der Waals surface area contributed by atoms with Gasteiger partial charge in [0.05, 0.1) is 11.3 Å². The molecule has 0 atom stereocenters. The molecule has 0 amide bonds. The zero-order valence-electron chi connectivity index (χ0n) is 8.34. The van der Waals surface area contributed by atoms with Crippen molar-refractivity contribution >= 4 is 21.9 Å². The molecule has 0 saturated carbocycles. The third-order valence-electron chi connectivity index (χ3n) is 1.09. The molecule has 0 aromatic carbocycles. The summed E-state index contributed by atoms with van der Waals surface area (Å²) in [6, 6.07) is 1.22. The monoisotopic (exact) mass is 218 g/mol. The number of carboxylic acids is 1. The minimum Gasteiger partial charge on any atom is -0.478 e. The second-order valence-corrected chi connectivity index (χ2v) is 2.71. The molecule has 58 valence electrons. The van der Waals surface area contributed by atoms with Gasteiger partial charge in [-0.3, -0.25) is 4.98 Å². The van der Waals surface area contributed by atoms with E-state index in [1.807, 2.05) is 0 Å². The first-order chi connectivity index (χ1) is 6.32. The Hall–Kier alpha value is -0.900. The molecule has 1 heterocycles. The summed E-state index contributed by atoms with van der Waals surface area (Å²) >= 11 is 2.97. The maximum atomic E-state index is 10.5. The predicted molar refractivity (Wildman–Crippen MR) is 43.6 cm³/mol. The first-order valence-corrected chi connectivity index (χ1v) is 3.51. The average Bonchev–Trinajstić information content (AvgIpc) is 2.01. The molecule has 1 aromatic rings. The molecule has 0 bridgehead atoms. The van der Waals surface area contributed by atoms with Crippen molar-refractivity contribution in [1.29, 1.82) is 0 Å². The maximum absolute atomic E-state index is 10.5. The number of hydrogen-bond acceptors (Lipinski definition) is 2. The number of rotatable bonds is 1. The molecule has 0 fully saturated rings. The van der Waals surface area contributed by atoms with Gasteiger partial charge in [-0.1, -0.05) is 0 Å². The van der Waals surface area contributed by atoms with E-state index in [0.29, 0.717) is 0 Å². The number of carbonyl (C=O) groups is 1. The molecule has 0 aliphatic rings. The van der Waals surface area contributed by atoms with E-state index in [2.05, 4.69) is 20.9 Å². The molecule has 0 radical (unpaired) electrons. The molecular formula is C7H6BrNO2. The summed E-state index contributed by atoms with van der Waals surface area (Å²) in [5.74, 6) is -1.14. The van der Waals surface area contributed by atoms with Gasteiger partial charge in [0.1, 0.15) is 0 Å². The highest BCUT2D eigenvalue weighted by Gasteiger charge is 2.04. The molecule has 3 nitrogen and oxygen atoms in total. The van der Waals surface area contributed by atoms with E-state index in [0.717, 1.165) is 6.20 Å². The molecule has 11 heavy (non-hydrogen) atoms. The number of aromatic carboxylic acids is 1. The minimum atomic E-state index is -2.34. The van der Waals surface area contributed by atoms with Crippen LogP contribution < -0.4 is 0 Å². The largest absolute Gasteiger partial charge is 0.478 e. The number of nitrogens with zero attached hydrogens (tertiary/aromatic N) is 1. The molecule has 4 heteroatoms. The smallest absolute Gasteiger partial charge is 0.337 e. The van der Waals surface area contributed by atoms with E-state index in [-0.39, 0.29) is 15.7 Å². The van der Waals surface area contributed by atoms with Crippen LogP contribution in [0.3, 0.4) is 0 Å². The molecule has 1 rings (SSSR count). The van der Waals surface area contributed by atoms with Crippen molar-refractivity contribution in [3.05, 3.63) is 28.0 Å². The number of aromatic nitrogens is 1. The Morgan fingerprint density at radius 1 is 1.91 bits per heavy atom. The van der Waals surface area contributed by atoms with Crippen LogP contribution in [0.25, 0.3) is 0 Å². The standard InChI is InChI=1S/C7H6BrNO2/c1-4-6(8)2-5(3-9-4)7(10)11/h2-3H,1H3,(H,10,11)/i1D3. The molecule has 0 aliphatic heterocycles. The van der Waals surface area contributed by atoms with Gasteiger partial charge in [-0.15, -0.1) is 0 Å². The zero-order valence-corrected chi connectivity index (χ0v) is 6.92. The lowest BCUT2D eigenvalue weighted by Gasteiger charge is -1.97. The van der Waals surface area contributed by atoms with Crippen molar-refractivity contribution in [2.24, 2.45) is 0 Å². The van der Waals surface area contributed by atoms with Crippen LogP contribution in [0.2, 0.25) is 0 Å². The highest BCUT2D eigenvalue weighted by atomic mass is 79.9. The molecule has 0 aliphatic carbocycles. The normalized spacial score (nSPS) is 14.8. The van der Waals surface area contributed by atoms with Gasteiger partial charge in [0, 0.05) is 14.8 Å². The van der Waals surface area contributed by atoms with E-state index in [9.17, 15) is 4.79 Å². The van der Waals surface area contributed by atoms with Gasteiger partial charge >= 0.3 is 5.97 Å². The second-order valence-electron chi connectivity index (χ2n) is 1.86. The van der Waals surface area contributed by atoms with Gasteiger partial charge in [-0.2, -0.15) is 0 Å². The van der Waals surface area contributed by atoms with Crippen molar-refractivity contribution in [2.45, 2.75) is 6.85 Å². The van der Waals surface area contributed by atoms with Gasteiger partial charge < -0.3 is 5.11 Å². The fourth-order valence-corrected chi connectivity index (χ4v) is 0.904. The summed E-state index contributed by atoms with van der Waals surface area (Å²) in [4.78, 5) is 14.1. The van der Waals surface area contributed by atoms with Gasteiger partial charge in [0.15, 0.2) is 0 Å². The van der Waals surface area contributed by atoms with Crippen LogP contribution in [-0.2, 0) is 0 Å². The summed E-state index contributed by atoms with van der Waals surface area (Å²) in [5.41, 5.74) is -0.188. The van der Waals surface area contributed by atoms with Crippen LogP contribution in [0.15, 0.2) is 16.7 Å². The van der Waals surface area contributed by atoms with E-state index in [1.165, 1.54) is 6.07 Å². The SMILES string of the molecule is [2H]C([2H])([2H])c1ncc(C(=O)O)cc1Br.